The highest BCUT2D eigenvalue weighted by atomic mass is 35.5. The summed E-state index contributed by atoms with van der Waals surface area (Å²) in [4.78, 5) is 14.2. The number of halogens is 1. The van der Waals surface area contributed by atoms with Gasteiger partial charge in [-0.2, -0.15) is 9.57 Å². The fourth-order valence-corrected chi connectivity index (χ4v) is 4.68. The zero-order valence-electron chi connectivity index (χ0n) is 16.3. The number of rotatable bonds is 7. The molecule has 0 spiro atoms. The molecule has 1 aliphatic rings. The molecule has 9 heteroatoms. The maximum Gasteiger partial charge on any atom is 0.243 e. The van der Waals surface area contributed by atoms with E-state index in [1.54, 1.807) is 29.2 Å². The van der Waals surface area contributed by atoms with Crippen LogP contribution in [-0.2, 0) is 14.8 Å². The van der Waals surface area contributed by atoms with Crippen molar-refractivity contribution in [1.82, 2.24) is 9.21 Å². The third kappa shape index (κ3) is 5.51. The standard InChI is InChI=1S/C21H22ClN3O4S/c22-18-5-7-19(8-6-18)29-15-1-2-21(26)24-11-13-25(14-12-24)30(27,28)20-9-3-17(16-23)4-10-20/h3-10H,1-2,11-15H2. The average molecular weight is 448 g/mol. The smallest absolute Gasteiger partial charge is 0.243 e. The minimum absolute atomic E-state index is 0.00914. The lowest BCUT2D eigenvalue weighted by Gasteiger charge is -2.34. The molecule has 7 nitrogen and oxygen atoms in total. The fourth-order valence-electron chi connectivity index (χ4n) is 3.13. The van der Waals surface area contributed by atoms with Crippen LogP contribution >= 0.6 is 11.6 Å². The number of hydrogen-bond acceptors (Lipinski definition) is 5. The first-order chi connectivity index (χ1) is 14.4. The van der Waals surface area contributed by atoms with E-state index in [9.17, 15) is 13.2 Å². The van der Waals surface area contributed by atoms with E-state index in [1.165, 1.54) is 28.6 Å². The highest BCUT2D eigenvalue weighted by Gasteiger charge is 2.29. The van der Waals surface area contributed by atoms with Crippen LogP contribution in [0.2, 0.25) is 5.02 Å². The SMILES string of the molecule is N#Cc1ccc(S(=O)(=O)N2CCN(C(=O)CCCOc3ccc(Cl)cc3)CC2)cc1. The third-order valence-corrected chi connectivity index (χ3v) is 6.99. The lowest BCUT2D eigenvalue weighted by atomic mass is 10.2. The van der Waals surface area contributed by atoms with Gasteiger partial charge in [-0.25, -0.2) is 8.42 Å². The van der Waals surface area contributed by atoms with Crippen molar-refractivity contribution in [3.63, 3.8) is 0 Å². The van der Waals surface area contributed by atoms with Crippen LogP contribution in [0.3, 0.4) is 0 Å². The van der Waals surface area contributed by atoms with Crippen LogP contribution in [0.15, 0.2) is 53.4 Å². The van der Waals surface area contributed by atoms with Gasteiger partial charge in [0.25, 0.3) is 0 Å². The van der Waals surface area contributed by atoms with E-state index in [-0.39, 0.29) is 23.9 Å². The zero-order valence-corrected chi connectivity index (χ0v) is 17.9. The Morgan fingerprint density at radius 3 is 2.27 bits per heavy atom. The number of carbonyl (C=O) groups is 1. The molecule has 0 bridgehead atoms. The summed E-state index contributed by atoms with van der Waals surface area (Å²) in [6, 6.07) is 14.8. The van der Waals surface area contributed by atoms with Crippen LogP contribution in [0.4, 0.5) is 0 Å². The van der Waals surface area contributed by atoms with Crippen molar-refractivity contribution in [1.29, 1.82) is 5.26 Å². The van der Waals surface area contributed by atoms with Crippen molar-refractivity contribution in [3.8, 4) is 11.8 Å². The lowest BCUT2D eigenvalue weighted by molar-refractivity contribution is -0.132. The van der Waals surface area contributed by atoms with Crippen LogP contribution in [-0.4, -0.2) is 56.3 Å². The van der Waals surface area contributed by atoms with Crippen LogP contribution in [0.5, 0.6) is 5.75 Å². The summed E-state index contributed by atoms with van der Waals surface area (Å²) < 4.78 is 32.5. The van der Waals surface area contributed by atoms with E-state index in [0.717, 1.165) is 0 Å². The molecular weight excluding hydrogens is 426 g/mol. The number of piperazine rings is 1. The number of hydrogen-bond donors (Lipinski definition) is 0. The second-order valence-electron chi connectivity index (χ2n) is 6.83. The monoisotopic (exact) mass is 447 g/mol. The van der Waals surface area contributed by atoms with Crippen LogP contribution in [0, 0.1) is 11.3 Å². The molecule has 1 aliphatic heterocycles. The number of sulfonamides is 1. The van der Waals surface area contributed by atoms with Gasteiger partial charge >= 0.3 is 0 Å². The van der Waals surface area contributed by atoms with E-state index in [2.05, 4.69) is 0 Å². The molecule has 2 aromatic rings. The van der Waals surface area contributed by atoms with Crippen molar-refractivity contribution in [2.45, 2.75) is 17.7 Å². The van der Waals surface area contributed by atoms with Crippen LogP contribution in [0.25, 0.3) is 0 Å². The Morgan fingerprint density at radius 1 is 1.03 bits per heavy atom. The Hall–Kier alpha value is -2.60. The molecule has 1 heterocycles. The van der Waals surface area contributed by atoms with Gasteiger partial charge in [-0.3, -0.25) is 4.79 Å². The van der Waals surface area contributed by atoms with E-state index in [1.807, 2.05) is 6.07 Å². The Balaban J connectivity index is 1.44. The number of amides is 1. The Bertz CT molecular complexity index is 1010. The van der Waals surface area contributed by atoms with Crippen molar-refractivity contribution < 1.29 is 17.9 Å². The van der Waals surface area contributed by atoms with Gasteiger partial charge in [-0.15, -0.1) is 0 Å². The molecule has 0 aliphatic carbocycles. The molecular formula is C21H22ClN3O4S. The lowest BCUT2D eigenvalue weighted by Crippen LogP contribution is -2.50. The van der Waals surface area contributed by atoms with E-state index < -0.39 is 10.0 Å². The van der Waals surface area contributed by atoms with Gasteiger partial charge in [0.05, 0.1) is 23.1 Å². The largest absolute Gasteiger partial charge is 0.494 e. The zero-order chi connectivity index (χ0) is 21.6. The average Bonchev–Trinajstić information content (AvgIpc) is 2.78. The fraction of sp³-hybridized carbons (Fsp3) is 0.333. The molecule has 0 saturated carbocycles. The van der Waals surface area contributed by atoms with Gasteiger partial charge in [0.15, 0.2) is 0 Å². The molecule has 0 aromatic heterocycles. The van der Waals surface area contributed by atoms with Gasteiger partial charge in [-0.05, 0) is 55.0 Å². The van der Waals surface area contributed by atoms with Gasteiger partial charge in [-0.1, -0.05) is 11.6 Å². The van der Waals surface area contributed by atoms with Gasteiger partial charge in [0, 0.05) is 37.6 Å². The molecule has 158 valence electrons. The topological polar surface area (TPSA) is 90.7 Å². The first-order valence-corrected chi connectivity index (χ1v) is 11.4. The van der Waals surface area contributed by atoms with Crippen LogP contribution < -0.4 is 4.74 Å². The summed E-state index contributed by atoms with van der Waals surface area (Å²) in [6.07, 6.45) is 0.918. The summed E-state index contributed by atoms with van der Waals surface area (Å²) in [7, 11) is -3.63. The molecule has 0 radical (unpaired) electrons. The number of ether oxygens (including phenoxy) is 1. The Morgan fingerprint density at radius 2 is 1.67 bits per heavy atom. The maximum atomic E-state index is 12.7. The molecule has 1 amide bonds. The van der Waals surface area contributed by atoms with E-state index in [0.29, 0.717) is 48.9 Å². The normalized spacial score (nSPS) is 14.9. The summed E-state index contributed by atoms with van der Waals surface area (Å²) in [5, 5.41) is 9.48. The maximum absolute atomic E-state index is 12.7. The summed E-state index contributed by atoms with van der Waals surface area (Å²) in [5.74, 6) is 0.693. The number of benzene rings is 2. The summed E-state index contributed by atoms with van der Waals surface area (Å²) in [5.41, 5.74) is 0.407. The van der Waals surface area contributed by atoms with Gasteiger partial charge < -0.3 is 9.64 Å². The summed E-state index contributed by atoms with van der Waals surface area (Å²) >= 11 is 5.83. The van der Waals surface area contributed by atoms with Crippen molar-refractivity contribution in [2.24, 2.45) is 0 Å². The molecule has 3 rings (SSSR count). The highest BCUT2D eigenvalue weighted by molar-refractivity contribution is 7.89. The predicted molar refractivity (Wildman–Crippen MR) is 113 cm³/mol. The number of nitriles is 1. The van der Waals surface area contributed by atoms with E-state index >= 15 is 0 Å². The minimum atomic E-state index is -3.63. The van der Waals surface area contributed by atoms with Gasteiger partial charge in [0.1, 0.15) is 5.75 Å². The van der Waals surface area contributed by atoms with Gasteiger partial charge in [0.2, 0.25) is 15.9 Å². The highest BCUT2D eigenvalue weighted by Crippen LogP contribution is 2.19. The Labute approximate surface area is 181 Å². The Kier molecular flexibility index (Phi) is 7.32. The number of nitrogens with zero attached hydrogens (tertiary/aromatic N) is 3. The summed E-state index contributed by atoms with van der Waals surface area (Å²) in [6.45, 7) is 1.61. The van der Waals surface area contributed by atoms with Crippen molar-refractivity contribution in [2.75, 3.05) is 32.8 Å². The van der Waals surface area contributed by atoms with Crippen LogP contribution in [0.1, 0.15) is 18.4 Å². The molecule has 0 atom stereocenters. The molecule has 1 fully saturated rings. The molecule has 0 unspecified atom stereocenters. The molecule has 0 N–H and O–H groups in total. The van der Waals surface area contributed by atoms with E-state index in [4.69, 9.17) is 21.6 Å². The second-order valence-corrected chi connectivity index (χ2v) is 9.20. The minimum Gasteiger partial charge on any atom is -0.494 e. The third-order valence-electron chi connectivity index (χ3n) is 4.83. The van der Waals surface area contributed by atoms with Crippen molar-refractivity contribution >= 4 is 27.5 Å². The quantitative estimate of drug-likeness (QED) is 0.608. The second kappa shape index (κ2) is 9.94. The predicted octanol–water partition coefficient (Wildman–Crippen LogP) is 2.90. The molecule has 30 heavy (non-hydrogen) atoms. The molecule has 1 saturated heterocycles. The first kappa shape index (κ1) is 22.1. The first-order valence-electron chi connectivity index (χ1n) is 9.56. The van der Waals surface area contributed by atoms with Crippen molar-refractivity contribution in [3.05, 3.63) is 59.1 Å². The number of carbonyl (C=O) groups excluding carboxylic acids is 1. The molecule has 2 aromatic carbocycles.